The second-order valence-electron chi connectivity index (χ2n) is 7.53. The van der Waals surface area contributed by atoms with Gasteiger partial charge in [0, 0.05) is 25.6 Å². The molecular weight excluding hydrogens is 328 g/mol. The van der Waals surface area contributed by atoms with Gasteiger partial charge in [0.15, 0.2) is 6.61 Å². The van der Waals surface area contributed by atoms with Crippen LogP contribution in [0.15, 0.2) is 36.7 Å². The lowest BCUT2D eigenvalue weighted by Gasteiger charge is -2.42. The molecule has 1 amide bonds. The molecule has 2 aromatic rings. The fourth-order valence-corrected chi connectivity index (χ4v) is 4.35. The normalized spacial score (nSPS) is 21.0. The van der Waals surface area contributed by atoms with Crippen LogP contribution in [-0.4, -0.2) is 45.3 Å². The number of para-hydroxylation sites is 1. The fourth-order valence-electron chi connectivity index (χ4n) is 4.35. The minimum atomic E-state index is 0.0594. The molecule has 2 heterocycles. The standard InChI is InChI=1S/C20H26N4O2/c1-2-11-23-15-21-22-19(23)17-12-24(14-20(17)9-6-10-20)18(25)13-26-16-7-4-3-5-8-16/h3-5,7-8,15,17H,2,6,9-14H2,1H3. The van der Waals surface area contributed by atoms with Crippen LogP contribution in [0.25, 0.3) is 0 Å². The summed E-state index contributed by atoms with van der Waals surface area (Å²) < 4.78 is 7.83. The largest absolute Gasteiger partial charge is 0.484 e. The van der Waals surface area contributed by atoms with E-state index in [2.05, 4.69) is 21.7 Å². The van der Waals surface area contributed by atoms with Gasteiger partial charge >= 0.3 is 0 Å². The van der Waals surface area contributed by atoms with Crippen LogP contribution < -0.4 is 4.74 Å². The lowest BCUT2D eigenvalue weighted by molar-refractivity contribution is -0.133. The van der Waals surface area contributed by atoms with Gasteiger partial charge in [-0.3, -0.25) is 4.79 Å². The van der Waals surface area contributed by atoms with Gasteiger partial charge < -0.3 is 14.2 Å². The van der Waals surface area contributed by atoms with E-state index >= 15 is 0 Å². The van der Waals surface area contributed by atoms with Crippen LogP contribution in [0.3, 0.4) is 0 Å². The summed E-state index contributed by atoms with van der Waals surface area (Å²) in [5.41, 5.74) is 0.181. The Morgan fingerprint density at radius 3 is 2.81 bits per heavy atom. The summed E-state index contributed by atoms with van der Waals surface area (Å²) in [5.74, 6) is 2.12. The maximum atomic E-state index is 12.7. The van der Waals surface area contributed by atoms with E-state index in [9.17, 15) is 4.79 Å². The zero-order valence-corrected chi connectivity index (χ0v) is 15.3. The van der Waals surface area contributed by atoms with Crippen LogP contribution in [0.4, 0.5) is 0 Å². The summed E-state index contributed by atoms with van der Waals surface area (Å²) in [7, 11) is 0. The van der Waals surface area contributed by atoms with Crippen molar-refractivity contribution < 1.29 is 9.53 Å². The van der Waals surface area contributed by atoms with Gasteiger partial charge in [-0.25, -0.2) is 0 Å². The third-order valence-electron chi connectivity index (χ3n) is 5.88. The highest BCUT2D eigenvalue weighted by Gasteiger charge is 2.53. The van der Waals surface area contributed by atoms with Gasteiger partial charge in [-0.05, 0) is 36.8 Å². The van der Waals surface area contributed by atoms with Gasteiger partial charge in [-0.2, -0.15) is 0 Å². The second kappa shape index (κ2) is 7.09. The van der Waals surface area contributed by atoms with Crippen LogP contribution in [0.2, 0.25) is 0 Å². The molecule has 0 bridgehead atoms. The number of nitrogens with zero attached hydrogens (tertiary/aromatic N) is 4. The Balaban J connectivity index is 1.46. The molecule has 1 aromatic carbocycles. The average molecular weight is 354 g/mol. The van der Waals surface area contributed by atoms with Crippen molar-refractivity contribution in [2.45, 2.75) is 45.1 Å². The van der Waals surface area contributed by atoms with Crippen LogP contribution in [-0.2, 0) is 11.3 Å². The zero-order chi connectivity index (χ0) is 18.0. The number of carbonyl (C=O) groups is 1. The number of ether oxygens (including phenoxy) is 1. The van der Waals surface area contributed by atoms with Gasteiger partial charge in [0.2, 0.25) is 0 Å². The van der Waals surface area contributed by atoms with E-state index in [-0.39, 0.29) is 23.8 Å². The van der Waals surface area contributed by atoms with Crippen molar-refractivity contribution in [3.63, 3.8) is 0 Å². The average Bonchev–Trinajstić information content (AvgIpc) is 3.25. The number of likely N-dealkylation sites (tertiary alicyclic amines) is 1. The summed E-state index contributed by atoms with van der Waals surface area (Å²) in [6.45, 7) is 4.72. The lowest BCUT2D eigenvalue weighted by Crippen LogP contribution is -2.39. The molecule has 26 heavy (non-hydrogen) atoms. The number of carbonyl (C=O) groups excluding carboxylic acids is 1. The second-order valence-corrected chi connectivity index (χ2v) is 7.53. The van der Waals surface area contributed by atoms with E-state index in [1.54, 1.807) is 0 Å². The zero-order valence-electron chi connectivity index (χ0n) is 15.3. The van der Waals surface area contributed by atoms with Crippen molar-refractivity contribution in [3.8, 4) is 5.75 Å². The Bertz CT molecular complexity index is 754. The Labute approximate surface area is 154 Å². The van der Waals surface area contributed by atoms with E-state index in [4.69, 9.17) is 4.74 Å². The Hall–Kier alpha value is -2.37. The van der Waals surface area contributed by atoms with Crippen LogP contribution >= 0.6 is 0 Å². The highest BCUT2D eigenvalue weighted by atomic mass is 16.5. The number of aryl methyl sites for hydroxylation is 1. The topological polar surface area (TPSA) is 60.2 Å². The summed E-state index contributed by atoms with van der Waals surface area (Å²) >= 11 is 0. The molecule has 2 fully saturated rings. The Morgan fingerprint density at radius 2 is 2.12 bits per heavy atom. The SMILES string of the molecule is CCCn1cnnc1C1CN(C(=O)COc2ccccc2)CC12CCC2. The number of hydrogen-bond acceptors (Lipinski definition) is 4. The number of hydrogen-bond donors (Lipinski definition) is 0. The molecule has 1 unspecified atom stereocenters. The van der Waals surface area contributed by atoms with Gasteiger partial charge in [-0.15, -0.1) is 10.2 Å². The molecule has 1 saturated carbocycles. The molecule has 2 aliphatic rings. The number of amides is 1. The fraction of sp³-hybridized carbons (Fsp3) is 0.550. The molecule has 1 aliphatic heterocycles. The van der Waals surface area contributed by atoms with E-state index in [1.165, 1.54) is 19.3 Å². The van der Waals surface area contributed by atoms with Gasteiger partial charge in [-0.1, -0.05) is 31.5 Å². The van der Waals surface area contributed by atoms with Gasteiger partial charge in [0.1, 0.15) is 17.9 Å². The molecular formula is C20H26N4O2. The smallest absolute Gasteiger partial charge is 0.260 e. The molecule has 0 N–H and O–H groups in total. The monoisotopic (exact) mass is 354 g/mol. The van der Waals surface area contributed by atoms with Crippen molar-refractivity contribution in [1.82, 2.24) is 19.7 Å². The minimum absolute atomic E-state index is 0.0594. The molecule has 1 saturated heterocycles. The van der Waals surface area contributed by atoms with E-state index in [0.717, 1.165) is 37.6 Å². The van der Waals surface area contributed by atoms with Crippen LogP contribution in [0.5, 0.6) is 5.75 Å². The van der Waals surface area contributed by atoms with Crippen molar-refractivity contribution >= 4 is 5.91 Å². The first-order valence-electron chi connectivity index (χ1n) is 9.55. The highest BCUT2D eigenvalue weighted by molar-refractivity contribution is 5.78. The number of rotatable bonds is 6. The van der Waals surface area contributed by atoms with E-state index in [0.29, 0.717) is 0 Å². The maximum Gasteiger partial charge on any atom is 0.260 e. The molecule has 1 spiro atoms. The molecule has 1 atom stereocenters. The molecule has 1 aliphatic carbocycles. The maximum absolute atomic E-state index is 12.7. The van der Waals surface area contributed by atoms with Crippen LogP contribution in [0.1, 0.15) is 44.3 Å². The predicted octanol–water partition coefficient (Wildman–Crippen LogP) is 2.86. The number of aromatic nitrogens is 3. The summed E-state index contributed by atoms with van der Waals surface area (Å²) in [6.07, 6.45) is 6.45. The quantitative estimate of drug-likeness (QED) is 0.800. The summed E-state index contributed by atoms with van der Waals surface area (Å²) in [6, 6.07) is 9.51. The molecule has 6 nitrogen and oxygen atoms in total. The first-order chi connectivity index (χ1) is 12.7. The third kappa shape index (κ3) is 3.08. The van der Waals surface area contributed by atoms with Crippen LogP contribution in [0, 0.1) is 5.41 Å². The van der Waals surface area contributed by atoms with Gasteiger partial charge in [0.05, 0.1) is 0 Å². The highest BCUT2D eigenvalue weighted by Crippen LogP contribution is 2.55. The first-order valence-corrected chi connectivity index (χ1v) is 9.55. The molecule has 138 valence electrons. The van der Waals surface area contributed by atoms with Gasteiger partial charge in [0.25, 0.3) is 5.91 Å². The van der Waals surface area contributed by atoms with Crippen molar-refractivity contribution in [2.75, 3.05) is 19.7 Å². The predicted molar refractivity (Wildman–Crippen MR) is 97.9 cm³/mol. The van der Waals surface area contributed by atoms with E-state index in [1.807, 2.05) is 41.6 Å². The minimum Gasteiger partial charge on any atom is -0.484 e. The summed E-state index contributed by atoms with van der Waals surface area (Å²) in [4.78, 5) is 14.7. The van der Waals surface area contributed by atoms with Crippen molar-refractivity contribution in [1.29, 1.82) is 0 Å². The van der Waals surface area contributed by atoms with Crippen molar-refractivity contribution in [3.05, 3.63) is 42.5 Å². The Kier molecular flexibility index (Phi) is 4.66. The molecule has 0 radical (unpaired) electrons. The van der Waals surface area contributed by atoms with Crippen molar-refractivity contribution in [2.24, 2.45) is 5.41 Å². The first kappa shape index (κ1) is 17.1. The molecule has 6 heteroatoms. The lowest BCUT2D eigenvalue weighted by atomic mass is 9.62. The number of benzene rings is 1. The van der Waals surface area contributed by atoms with E-state index < -0.39 is 0 Å². The molecule has 1 aromatic heterocycles. The summed E-state index contributed by atoms with van der Waals surface area (Å²) in [5, 5.41) is 8.57. The molecule has 4 rings (SSSR count). The Morgan fingerprint density at radius 1 is 1.31 bits per heavy atom. The third-order valence-corrected chi connectivity index (χ3v) is 5.88.